The van der Waals surface area contributed by atoms with E-state index in [0.717, 1.165) is 23.0 Å². The van der Waals surface area contributed by atoms with E-state index in [0.29, 0.717) is 32.0 Å². The summed E-state index contributed by atoms with van der Waals surface area (Å²) in [7, 11) is 0. The maximum atomic E-state index is 13.0. The summed E-state index contributed by atoms with van der Waals surface area (Å²) in [6, 6.07) is 16.6. The van der Waals surface area contributed by atoms with Crippen molar-refractivity contribution in [3.63, 3.8) is 0 Å². The first-order valence-electron chi connectivity index (χ1n) is 10.0. The molecule has 1 aromatic heterocycles. The number of imidazole rings is 1. The minimum absolute atomic E-state index is 0.170. The molecule has 3 aromatic rings. The Bertz CT molecular complexity index is 1010. The van der Waals surface area contributed by atoms with Crippen molar-refractivity contribution in [3.8, 4) is 0 Å². The zero-order valence-corrected chi connectivity index (χ0v) is 16.5. The van der Waals surface area contributed by atoms with Gasteiger partial charge in [0.1, 0.15) is 6.04 Å². The molecule has 0 unspecified atom stereocenters. The summed E-state index contributed by atoms with van der Waals surface area (Å²) < 4.78 is 2.04. The van der Waals surface area contributed by atoms with Gasteiger partial charge in [0, 0.05) is 26.1 Å². The summed E-state index contributed by atoms with van der Waals surface area (Å²) in [6.45, 7) is 3.81. The average molecular weight is 391 g/mol. The van der Waals surface area contributed by atoms with Gasteiger partial charge in [-0.05, 0) is 24.1 Å². The average Bonchev–Trinajstić information content (AvgIpc) is 3.31. The summed E-state index contributed by atoms with van der Waals surface area (Å²) in [5.41, 5.74) is 2.87. The number of carbonyl (C=O) groups excluding carboxylic acids is 2. The van der Waals surface area contributed by atoms with E-state index in [9.17, 15) is 9.59 Å². The predicted molar refractivity (Wildman–Crippen MR) is 113 cm³/mol. The predicted octanol–water partition coefficient (Wildman–Crippen LogP) is 2.70. The number of para-hydroxylation sites is 2. The number of benzene rings is 2. The lowest BCUT2D eigenvalue weighted by Crippen LogP contribution is -2.52. The van der Waals surface area contributed by atoms with Crippen LogP contribution in [0, 0.1) is 0 Å². The van der Waals surface area contributed by atoms with Crippen LogP contribution in [0.5, 0.6) is 0 Å². The molecule has 3 amide bonds. The second-order valence-corrected chi connectivity index (χ2v) is 7.19. The molecule has 0 saturated heterocycles. The molecule has 0 saturated carbocycles. The number of hydrogen-bond acceptors (Lipinski definition) is 3. The van der Waals surface area contributed by atoms with Gasteiger partial charge in [-0.3, -0.25) is 9.69 Å². The fourth-order valence-corrected chi connectivity index (χ4v) is 3.64. The Morgan fingerprint density at radius 3 is 2.62 bits per heavy atom. The fraction of sp³-hybridized carbons (Fsp3) is 0.318. The third-order valence-corrected chi connectivity index (χ3v) is 5.11. The zero-order chi connectivity index (χ0) is 20.2. The monoisotopic (exact) mass is 391 g/mol. The van der Waals surface area contributed by atoms with Crippen molar-refractivity contribution in [1.29, 1.82) is 0 Å². The number of amides is 3. The maximum absolute atomic E-state index is 13.0. The number of urea groups is 1. The first-order chi connectivity index (χ1) is 14.2. The number of hydrogen-bond donors (Lipinski definition) is 2. The summed E-state index contributed by atoms with van der Waals surface area (Å²) >= 11 is 0. The van der Waals surface area contributed by atoms with E-state index < -0.39 is 6.04 Å². The third kappa shape index (κ3) is 3.94. The van der Waals surface area contributed by atoms with Crippen molar-refractivity contribution in [2.75, 3.05) is 18.0 Å². The van der Waals surface area contributed by atoms with Gasteiger partial charge in [0.05, 0.1) is 11.0 Å². The van der Waals surface area contributed by atoms with Crippen LogP contribution in [-0.4, -0.2) is 40.6 Å². The van der Waals surface area contributed by atoms with Crippen LogP contribution in [0.4, 0.5) is 10.7 Å². The maximum Gasteiger partial charge on any atom is 0.324 e. The SMILES string of the molecule is CCCNC(=O)[C@H](Cc1ccccc1)NC(=O)N1CCn2c1nc1ccccc12. The molecular weight excluding hydrogens is 366 g/mol. The van der Waals surface area contributed by atoms with E-state index in [1.807, 2.05) is 66.1 Å². The van der Waals surface area contributed by atoms with Gasteiger partial charge >= 0.3 is 6.03 Å². The normalized spacial score (nSPS) is 13.9. The Labute approximate surface area is 169 Å². The number of nitrogens with zero attached hydrogens (tertiary/aromatic N) is 3. The Hall–Kier alpha value is -3.35. The van der Waals surface area contributed by atoms with Crippen molar-refractivity contribution in [1.82, 2.24) is 20.2 Å². The molecule has 2 N–H and O–H groups in total. The molecule has 1 aliphatic rings. The topological polar surface area (TPSA) is 79.3 Å². The highest BCUT2D eigenvalue weighted by Crippen LogP contribution is 2.27. The van der Waals surface area contributed by atoms with Gasteiger partial charge in [-0.15, -0.1) is 0 Å². The number of anilines is 1. The smallest absolute Gasteiger partial charge is 0.324 e. The van der Waals surface area contributed by atoms with Crippen LogP contribution in [0.2, 0.25) is 0 Å². The van der Waals surface area contributed by atoms with Crippen LogP contribution < -0.4 is 15.5 Å². The van der Waals surface area contributed by atoms with E-state index in [2.05, 4.69) is 15.6 Å². The molecular formula is C22H25N5O2. The lowest BCUT2D eigenvalue weighted by Gasteiger charge is -2.22. The van der Waals surface area contributed by atoms with Gasteiger partial charge in [0.15, 0.2) is 0 Å². The Balaban J connectivity index is 1.53. The van der Waals surface area contributed by atoms with E-state index >= 15 is 0 Å². The van der Waals surface area contributed by atoms with E-state index in [4.69, 9.17) is 0 Å². The van der Waals surface area contributed by atoms with Crippen LogP contribution in [0.15, 0.2) is 54.6 Å². The van der Waals surface area contributed by atoms with E-state index in [1.54, 1.807) is 4.90 Å². The second-order valence-electron chi connectivity index (χ2n) is 7.19. The molecule has 0 spiro atoms. The summed E-state index contributed by atoms with van der Waals surface area (Å²) in [5, 5.41) is 5.82. The molecule has 0 fully saturated rings. The van der Waals surface area contributed by atoms with Gasteiger partial charge in [-0.25, -0.2) is 9.78 Å². The first kappa shape index (κ1) is 19.0. The number of carbonyl (C=O) groups is 2. The van der Waals surface area contributed by atoms with Gasteiger partial charge in [-0.2, -0.15) is 0 Å². The molecule has 1 atom stereocenters. The van der Waals surface area contributed by atoms with E-state index in [-0.39, 0.29) is 11.9 Å². The van der Waals surface area contributed by atoms with Crippen LogP contribution in [0.25, 0.3) is 11.0 Å². The Kier molecular flexibility index (Phi) is 5.46. The number of nitrogens with one attached hydrogen (secondary N) is 2. The Morgan fingerprint density at radius 2 is 1.83 bits per heavy atom. The molecule has 7 heteroatoms. The van der Waals surface area contributed by atoms with Crippen molar-refractivity contribution >= 4 is 28.9 Å². The summed E-state index contributed by atoms with van der Waals surface area (Å²) in [5.74, 6) is 0.452. The van der Waals surface area contributed by atoms with Crippen LogP contribution >= 0.6 is 0 Å². The highest BCUT2D eigenvalue weighted by Gasteiger charge is 2.31. The molecule has 0 aliphatic carbocycles. The van der Waals surface area contributed by atoms with Crippen molar-refractivity contribution in [2.24, 2.45) is 0 Å². The fourth-order valence-electron chi connectivity index (χ4n) is 3.64. The van der Waals surface area contributed by atoms with Gasteiger partial charge in [0.25, 0.3) is 0 Å². The number of rotatable bonds is 6. The van der Waals surface area contributed by atoms with Gasteiger partial charge < -0.3 is 15.2 Å². The molecule has 1 aliphatic heterocycles. The van der Waals surface area contributed by atoms with Crippen molar-refractivity contribution < 1.29 is 9.59 Å². The largest absolute Gasteiger partial charge is 0.354 e. The van der Waals surface area contributed by atoms with Gasteiger partial charge in [0.2, 0.25) is 11.9 Å². The summed E-state index contributed by atoms with van der Waals surface area (Å²) in [6.07, 6.45) is 1.28. The first-order valence-corrected chi connectivity index (χ1v) is 10.0. The molecule has 7 nitrogen and oxygen atoms in total. The Morgan fingerprint density at radius 1 is 1.07 bits per heavy atom. The minimum atomic E-state index is -0.644. The van der Waals surface area contributed by atoms with Crippen molar-refractivity contribution in [2.45, 2.75) is 32.4 Å². The quantitative estimate of drug-likeness (QED) is 0.678. The number of aromatic nitrogens is 2. The lowest BCUT2D eigenvalue weighted by atomic mass is 10.1. The molecule has 0 bridgehead atoms. The van der Waals surface area contributed by atoms with Crippen molar-refractivity contribution in [3.05, 3.63) is 60.2 Å². The van der Waals surface area contributed by atoms with E-state index in [1.165, 1.54) is 0 Å². The van der Waals surface area contributed by atoms with Crippen LogP contribution in [-0.2, 0) is 17.8 Å². The molecule has 4 rings (SSSR count). The molecule has 2 aromatic carbocycles. The van der Waals surface area contributed by atoms with Gasteiger partial charge in [-0.1, -0.05) is 49.4 Å². The number of fused-ring (bicyclic) bond motifs is 3. The minimum Gasteiger partial charge on any atom is -0.354 e. The highest BCUT2D eigenvalue weighted by molar-refractivity contribution is 5.96. The summed E-state index contributed by atoms with van der Waals surface area (Å²) in [4.78, 5) is 31.9. The molecule has 0 radical (unpaired) electrons. The third-order valence-electron chi connectivity index (χ3n) is 5.11. The molecule has 29 heavy (non-hydrogen) atoms. The zero-order valence-electron chi connectivity index (χ0n) is 16.5. The standard InChI is InChI=1S/C22H25N5O2/c1-2-12-23-20(28)18(15-16-8-4-3-5-9-16)25-22(29)27-14-13-26-19-11-7-6-10-17(19)24-21(26)27/h3-11,18H,2,12-15H2,1H3,(H,23,28)(H,25,29)/t18-/m0/s1. The van der Waals surface area contributed by atoms with Crippen LogP contribution in [0.3, 0.4) is 0 Å². The molecule has 2 heterocycles. The highest BCUT2D eigenvalue weighted by atomic mass is 16.2. The molecule has 150 valence electrons. The van der Waals surface area contributed by atoms with Crippen LogP contribution in [0.1, 0.15) is 18.9 Å². The lowest BCUT2D eigenvalue weighted by molar-refractivity contribution is -0.122. The second kappa shape index (κ2) is 8.34.